The predicted molar refractivity (Wildman–Crippen MR) is 81.6 cm³/mol. The molecule has 2 amide bonds. The van der Waals surface area contributed by atoms with Crippen LogP contribution in [0, 0.1) is 0 Å². The molecule has 21 heavy (non-hydrogen) atoms. The molecular formula is C17H18N2O2. The van der Waals surface area contributed by atoms with Gasteiger partial charge in [0.1, 0.15) is 0 Å². The Kier molecular flexibility index (Phi) is 4.72. The molecule has 0 saturated heterocycles. The van der Waals surface area contributed by atoms with Crippen LogP contribution >= 0.6 is 0 Å². The minimum Gasteiger partial charge on any atom is -0.366 e. The van der Waals surface area contributed by atoms with Crippen molar-refractivity contribution in [3.8, 4) is 0 Å². The number of benzene rings is 2. The molecule has 4 nitrogen and oxygen atoms in total. The summed E-state index contributed by atoms with van der Waals surface area (Å²) in [7, 11) is 1.77. The zero-order valence-electron chi connectivity index (χ0n) is 12.0. The Balaban J connectivity index is 1.95. The second-order valence-electron chi connectivity index (χ2n) is 4.97. The molecule has 2 aromatic rings. The third-order valence-corrected chi connectivity index (χ3v) is 3.28. The zero-order valence-corrected chi connectivity index (χ0v) is 12.0. The molecule has 0 fully saturated rings. The molecule has 0 bridgehead atoms. The monoisotopic (exact) mass is 282 g/mol. The van der Waals surface area contributed by atoms with Crippen molar-refractivity contribution >= 4 is 11.8 Å². The zero-order chi connectivity index (χ0) is 15.2. The Hall–Kier alpha value is -2.62. The van der Waals surface area contributed by atoms with Gasteiger partial charge in [0.25, 0.3) is 0 Å². The molecule has 2 aromatic carbocycles. The van der Waals surface area contributed by atoms with Crippen LogP contribution in [0.4, 0.5) is 0 Å². The Morgan fingerprint density at radius 3 is 2.14 bits per heavy atom. The minimum absolute atomic E-state index is 0.0557. The first kappa shape index (κ1) is 14.8. The number of nitrogens with two attached hydrogens (primary N) is 1. The summed E-state index contributed by atoms with van der Waals surface area (Å²) in [5.74, 6) is -0.393. The molecule has 4 heteroatoms. The minimum atomic E-state index is -0.449. The molecule has 2 N–H and O–H groups in total. The molecule has 0 aromatic heterocycles. The Labute approximate surface area is 124 Å². The number of amides is 2. The van der Waals surface area contributed by atoms with Crippen LogP contribution in [0.15, 0.2) is 54.6 Å². The summed E-state index contributed by atoms with van der Waals surface area (Å²) < 4.78 is 0. The quantitative estimate of drug-likeness (QED) is 0.911. The van der Waals surface area contributed by atoms with Gasteiger partial charge in [-0.1, -0.05) is 42.5 Å². The van der Waals surface area contributed by atoms with Gasteiger partial charge in [-0.15, -0.1) is 0 Å². The van der Waals surface area contributed by atoms with Gasteiger partial charge in [0.05, 0.1) is 6.42 Å². The standard InChI is InChI=1S/C17H18N2O2/c1-19(16(20)11-13-5-3-2-4-6-13)12-14-7-9-15(10-8-14)17(18)21/h2-10H,11-12H2,1H3,(H2,18,21). The van der Waals surface area contributed by atoms with Crippen molar-refractivity contribution < 1.29 is 9.59 Å². The van der Waals surface area contributed by atoms with Crippen LogP contribution in [-0.4, -0.2) is 23.8 Å². The Morgan fingerprint density at radius 1 is 0.952 bits per heavy atom. The fraction of sp³-hybridized carbons (Fsp3) is 0.176. The van der Waals surface area contributed by atoms with E-state index in [0.717, 1.165) is 11.1 Å². The summed E-state index contributed by atoms with van der Waals surface area (Å²) in [5.41, 5.74) is 7.63. The number of hydrogen-bond acceptors (Lipinski definition) is 2. The highest BCUT2D eigenvalue weighted by atomic mass is 16.2. The number of hydrogen-bond donors (Lipinski definition) is 1. The highest BCUT2D eigenvalue weighted by molar-refractivity contribution is 5.92. The molecule has 0 atom stereocenters. The summed E-state index contributed by atoms with van der Waals surface area (Å²) in [6.45, 7) is 0.505. The summed E-state index contributed by atoms with van der Waals surface area (Å²) in [6.07, 6.45) is 0.386. The molecular weight excluding hydrogens is 264 g/mol. The topological polar surface area (TPSA) is 63.4 Å². The van der Waals surface area contributed by atoms with E-state index in [-0.39, 0.29) is 5.91 Å². The average Bonchev–Trinajstić information content (AvgIpc) is 2.48. The number of carbonyl (C=O) groups is 2. The summed E-state index contributed by atoms with van der Waals surface area (Å²) in [4.78, 5) is 24.8. The molecule has 0 radical (unpaired) electrons. The van der Waals surface area contributed by atoms with Gasteiger partial charge in [-0.3, -0.25) is 9.59 Å². The van der Waals surface area contributed by atoms with E-state index < -0.39 is 5.91 Å². The predicted octanol–water partition coefficient (Wildman–Crippen LogP) is 1.99. The average molecular weight is 282 g/mol. The largest absolute Gasteiger partial charge is 0.366 e. The van der Waals surface area contributed by atoms with E-state index in [1.807, 2.05) is 42.5 Å². The van der Waals surface area contributed by atoms with Crippen molar-refractivity contribution in [2.24, 2.45) is 5.73 Å². The van der Waals surface area contributed by atoms with Gasteiger partial charge < -0.3 is 10.6 Å². The SMILES string of the molecule is CN(Cc1ccc(C(N)=O)cc1)C(=O)Cc1ccccc1. The normalized spacial score (nSPS) is 10.1. The van der Waals surface area contributed by atoms with Gasteiger partial charge in [-0.05, 0) is 23.3 Å². The van der Waals surface area contributed by atoms with Crippen molar-refractivity contribution in [2.45, 2.75) is 13.0 Å². The van der Waals surface area contributed by atoms with Crippen LogP contribution in [0.25, 0.3) is 0 Å². The fourth-order valence-electron chi connectivity index (χ4n) is 2.04. The van der Waals surface area contributed by atoms with E-state index in [4.69, 9.17) is 5.73 Å². The van der Waals surface area contributed by atoms with Crippen LogP contribution < -0.4 is 5.73 Å². The van der Waals surface area contributed by atoms with E-state index in [2.05, 4.69) is 0 Å². The van der Waals surface area contributed by atoms with E-state index in [1.54, 1.807) is 24.1 Å². The third kappa shape index (κ3) is 4.18. The van der Waals surface area contributed by atoms with Gasteiger partial charge in [0.2, 0.25) is 11.8 Å². The van der Waals surface area contributed by atoms with Crippen molar-refractivity contribution in [1.29, 1.82) is 0 Å². The van der Waals surface area contributed by atoms with E-state index in [0.29, 0.717) is 18.5 Å². The van der Waals surface area contributed by atoms with Crippen molar-refractivity contribution in [2.75, 3.05) is 7.05 Å². The summed E-state index contributed by atoms with van der Waals surface area (Å²) in [6, 6.07) is 16.6. The first-order chi connectivity index (χ1) is 10.1. The van der Waals surface area contributed by atoms with E-state index in [9.17, 15) is 9.59 Å². The number of primary amides is 1. The summed E-state index contributed by atoms with van der Waals surface area (Å²) >= 11 is 0. The van der Waals surface area contributed by atoms with Crippen molar-refractivity contribution in [1.82, 2.24) is 4.90 Å². The van der Waals surface area contributed by atoms with Gasteiger partial charge >= 0.3 is 0 Å². The lowest BCUT2D eigenvalue weighted by atomic mass is 10.1. The van der Waals surface area contributed by atoms with Gasteiger partial charge in [-0.2, -0.15) is 0 Å². The van der Waals surface area contributed by atoms with Crippen LogP contribution in [0.1, 0.15) is 21.5 Å². The molecule has 0 saturated carbocycles. The molecule has 0 spiro atoms. The Morgan fingerprint density at radius 2 is 1.57 bits per heavy atom. The van der Waals surface area contributed by atoms with Crippen LogP contribution in [0.2, 0.25) is 0 Å². The third-order valence-electron chi connectivity index (χ3n) is 3.28. The Bertz CT molecular complexity index is 621. The highest BCUT2D eigenvalue weighted by Gasteiger charge is 2.10. The van der Waals surface area contributed by atoms with Gasteiger partial charge in [0.15, 0.2) is 0 Å². The maximum Gasteiger partial charge on any atom is 0.248 e. The lowest BCUT2D eigenvalue weighted by molar-refractivity contribution is -0.129. The molecule has 0 aliphatic rings. The highest BCUT2D eigenvalue weighted by Crippen LogP contribution is 2.08. The van der Waals surface area contributed by atoms with E-state index in [1.165, 1.54) is 0 Å². The molecule has 0 aliphatic heterocycles. The number of likely N-dealkylation sites (N-methyl/N-ethyl adjacent to an activating group) is 1. The van der Waals surface area contributed by atoms with E-state index >= 15 is 0 Å². The lowest BCUT2D eigenvalue weighted by Crippen LogP contribution is -2.27. The van der Waals surface area contributed by atoms with Gasteiger partial charge in [0, 0.05) is 19.2 Å². The van der Waals surface area contributed by atoms with Gasteiger partial charge in [-0.25, -0.2) is 0 Å². The fourth-order valence-corrected chi connectivity index (χ4v) is 2.04. The molecule has 0 unspecified atom stereocenters. The first-order valence-electron chi connectivity index (χ1n) is 6.73. The van der Waals surface area contributed by atoms with Crippen molar-refractivity contribution in [3.63, 3.8) is 0 Å². The maximum atomic E-state index is 12.1. The maximum absolute atomic E-state index is 12.1. The van der Waals surface area contributed by atoms with Crippen LogP contribution in [0.5, 0.6) is 0 Å². The van der Waals surface area contributed by atoms with Crippen LogP contribution in [0.3, 0.4) is 0 Å². The first-order valence-corrected chi connectivity index (χ1v) is 6.73. The lowest BCUT2D eigenvalue weighted by Gasteiger charge is -2.17. The second kappa shape index (κ2) is 6.70. The smallest absolute Gasteiger partial charge is 0.248 e. The number of nitrogens with zero attached hydrogens (tertiary/aromatic N) is 1. The van der Waals surface area contributed by atoms with Crippen LogP contribution in [-0.2, 0) is 17.8 Å². The number of rotatable bonds is 5. The molecule has 0 aliphatic carbocycles. The second-order valence-corrected chi connectivity index (χ2v) is 4.97. The van der Waals surface area contributed by atoms with Crippen molar-refractivity contribution in [3.05, 3.63) is 71.3 Å². The summed E-state index contributed by atoms with van der Waals surface area (Å²) in [5, 5.41) is 0. The number of carbonyl (C=O) groups excluding carboxylic acids is 2. The molecule has 0 heterocycles. The molecule has 2 rings (SSSR count). The molecule has 108 valence electrons.